The van der Waals surface area contributed by atoms with Crippen molar-refractivity contribution in [2.75, 3.05) is 21.1 Å². The molecule has 0 aliphatic rings. The molecular formula is C12H16N2. The first-order valence-electron chi connectivity index (χ1n) is 4.59. The van der Waals surface area contributed by atoms with Crippen LogP contribution >= 0.6 is 0 Å². The summed E-state index contributed by atoms with van der Waals surface area (Å²) in [5.74, 6) is 3.09. The summed E-state index contributed by atoms with van der Waals surface area (Å²) in [6, 6.07) is 11.2. The van der Waals surface area contributed by atoms with Crippen LogP contribution in [0.15, 0.2) is 24.3 Å². The fraction of sp³-hybridized carbons (Fsp3) is 0.333. The Morgan fingerprint density at radius 2 is 1.57 bits per heavy atom. The van der Waals surface area contributed by atoms with Crippen molar-refractivity contribution in [3.63, 3.8) is 0 Å². The van der Waals surface area contributed by atoms with E-state index in [0.717, 1.165) is 5.56 Å². The lowest BCUT2D eigenvalue weighted by Gasteiger charge is -2.18. The molecule has 0 spiro atoms. The summed E-state index contributed by atoms with van der Waals surface area (Å²) in [6.07, 6.45) is 0. The third-order valence-corrected chi connectivity index (χ3v) is 2.01. The van der Waals surface area contributed by atoms with E-state index in [-0.39, 0.29) is 0 Å². The Bertz CT molecular complexity index is 341. The molecule has 1 aromatic rings. The Balaban J connectivity index is 2.73. The van der Waals surface area contributed by atoms with Crippen molar-refractivity contribution in [2.24, 2.45) is 0 Å². The van der Waals surface area contributed by atoms with E-state index in [2.05, 4.69) is 31.0 Å². The van der Waals surface area contributed by atoms with Gasteiger partial charge in [-0.3, -0.25) is 5.01 Å². The second-order valence-electron chi connectivity index (χ2n) is 3.47. The van der Waals surface area contributed by atoms with Crippen LogP contribution in [0.4, 0.5) is 0 Å². The number of hydrazine groups is 1. The second kappa shape index (κ2) is 4.69. The minimum absolute atomic E-state index is 1.05. The molecule has 0 aliphatic heterocycles. The minimum Gasteiger partial charge on any atom is -0.268 e. The summed E-state index contributed by atoms with van der Waals surface area (Å²) in [6.45, 7) is 2.07. The van der Waals surface area contributed by atoms with Gasteiger partial charge in [0.15, 0.2) is 0 Å². The van der Waals surface area contributed by atoms with Crippen LogP contribution in [0.2, 0.25) is 0 Å². The molecule has 2 nitrogen and oxygen atoms in total. The Morgan fingerprint density at radius 3 is 2.07 bits per heavy atom. The molecule has 0 bridgehead atoms. The van der Waals surface area contributed by atoms with Gasteiger partial charge in [0.2, 0.25) is 0 Å². The Morgan fingerprint density at radius 1 is 1.00 bits per heavy atom. The predicted molar refractivity (Wildman–Crippen MR) is 59.5 cm³/mol. The first kappa shape index (κ1) is 10.6. The maximum absolute atomic E-state index is 3.09. The van der Waals surface area contributed by atoms with Gasteiger partial charge >= 0.3 is 0 Å². The minimum atomic E-state index is 1.05. The van der Waals surface area contributed by atoms with E-state index < -0.39 is 0 Å². The highest BCUT2D eigenvalue weighted by atomic mass is 15.6. The van der Waals surface area contributed by atoms with Gasteiger partial charge < -0.3 is 0 Å². The quantitative estimate of drug-likeness (QED) is 0.376. The molecule has 0 atom stereocenters. The van der Waals surface area contributed by atoms with E-state index in [1.54, 1.807) is 0 Å². The third kappa shape index (κ3) is 3.12. The van der Waals surface area contributed by atoms with E-state index in [9.17, 15) is 0 Å². The fourth-order valence-electron chi connectivity index (χ4n) is 0.882. The molecule has 1 rings (SSSR count). The van der Waals surface area contributed by atoms with Gasteiger partial charge in [-0.05, 0) is 25.0 Å². The summed E-state index contributed by atoms with van der Waals surface area (Å²) in [7, 11) is 5.86. The van der Waals surface area contributed by atoms with Gasteiger partial charge in [-0.2, -0.15) is 0 Å². The van der Waals surface area contributed by atoms with Gasteiger partial charge in [-0.1, -0.05) is 17.7 Å². The maximum Gasteiger partial charge on any atom is 0.0320 e. The van der Waals surface area contributed by atoms with Gasteiger partial charge in [0, 0.05) is 32.8 Å². The maximum atomic E-state index is 3.09. The van der Waals surface area contributed by atoms with Gasteiger partial charge in [-0.15, -0.1) is 0 Å². The summed E-state index contributed by atoms with van der Waals surface area (Å²) < 4.78 is 0. The first-order chi connectivity index (χ1) is 6.59. The van der Waals surface area contributed by atoms with Crippen molar-refractivity contribution < 1.29 is 0 Å². The number of aryl methyl sites for hydroxylation is 1. The molecule has 0 saturated carbocycles. The topological polar surface area (TPSA) is 6.48 Å². The Kier molecular flexibility index (Phi) is 3.55. The largest absolute Gasteiger partial charge is 0.268 e. The van der Waals surface area contributed by atoms with Crippen LogP contribution in [-0.2, 0) is 0 Å². The predicted octanol–water partition coefficient (Wildman–Crippen LogP) is 1.71. The highest BCUT2D eigenvalue weighted by Gasteiger charge is 1.91. The molecule has 0 aromatic heterocycles. The molecule has 14 heavy (non-hydrogen) atoms. The number of nitrogens with zero attached hydrogens (tertiary/aromatic N) is 2. The molecule has 0 heterocycles. The van der Waals surface area contributed by atoms with E-state index >= 15 is 0 Å². The smallest absolute Gasteiger partial charge is 0.0320 e. The zero-order valence-electron chi connectivity index (χ0n) is 9.20. The molecular weight excluding hydrogens is 172 g/mol. The van der Waals surface area contributed by atoms with Crippen LogP contribution in [0.25, 0.3) is 0 Å². The molecule has 2 heteroatoms. The molecule has 0 fully saturated rings. The highest BCUT2D eigenvalue weighted by Crippen LogP contribution is 2.00. The van der Waals surface area contributed by atoms with Crippen LogP contribution in [0.1, 0.15) is 11.1 Å². The van der Waals surface area contributed by atoms with Crippen LogP contribution in [0.3, 0.4) is 0 Å². The number of rotatable bonds is 1. The monoisotopic (exact) mass is 188 g/mol. The summed E-state index contributed by atoms with van der Waals surface area (Å²) in [4.78, 5) is 0. The molecule has 0 amide bonds. The molecule has 74 valence electrons. The van der Waals surface area contributed by atoms with Crippen molar-refractivity contribution in [3.8, 4) is 12.0 Å². The van der Waals surface area contributed by atoms with Gasteiger partial charge in [0.1, 0.15) is 0 Å². The molecule has 0 saturated heterocycles. The van der Waals surface area contributed by atoms with Crippen molar-refractivity contribution in [3.05, 3.63) is 35.4 Å². The first-order valence-corrected chi connectivity index (χ1v) is 4.59. The molecule has 0 unspecified atom stereocenters. The van der Waals surface area contributed by atoms with Crippen molar-refractivity contribution >= 4 is 0 Å². The second-order valence-corrected chi connectivity index (χ2v) is 3.47. The average Bonchev–Trinajstić information content (AvgIpc) is 2.16. The lowest BCUT2D eigenvalue weighted by atomic mass is 10.2. The molecule has 0 radical (unpaired) electrons. The summed E-state index contributed by atoms with van der Waals surface area (Å²) >= 11 is 0. The zero-order valence-corrected chi connectivity index (χ0v) is 9.20. The van der Waals surface area contributed by atoms with Crippen LogP contribution in [0.5, 0.6) is 0 Å². The highest BCUT2D eigenvalue weighted by molar-refractivity contribution is 5.35. The number of hydrogen-bond acceptors (Lipinski definition) is 2. The Hall–Kier alpha value is -1.46. The van der Waals surface area contributed by atoms with Gasteiger partial charge in [0.05, 0.1) is 0 Å². The van der Waals surface area contributed by atoms with Crippen LogP contribution in [0, 0.1) is 18.9 Å². The third-order valence-electron chi connectivity index (χ3n) is 2.01. The Labute approximate surface area is 86.1 Å². The average molecular weight is 188 g/mol. The lowest BCUT2D eigenvalue weighted by Crippen LogP contribution is -2.28. The SMILES string of the molecule is Cc1ccc(C#CN(C)N(C)C)cc1. The lowest BCUT2D eigenvalue weighted by molar-refractivity contribution is 0.130. The van der Waals surface area contributed by atoms with Crippen LogP contribution in [-0.4, -0.2) is 31.2 Å². The molecule has 1 aromatic carbocycles. The summed E-state index contributed by atoms with van der Waals surface area (Å²) in [5, 5.41) is 3.78. The number of benzene rings is 1. The number of hydrogen-bond donors (Lipinski definition) is 0. The van der Waals surface area contributed by atoms with Crippen molar-refractivity contribution in [1.82, 2.24) is 10.0 Å². The van der Waals surface area contributed by atoms with Gasteiger partial charge in [0.25, 0.3) is 0 Å². The standard InChI is InChI=1S/C12H16N2/c1-11-5-7-12(8-6-11)9-10-14(4)13(2)3/h5-8H,1-4H3. The molecule has 0 N–H and O–H groups in total. The van der Waals surface area contributed by atoms with Crippen LogP contribution < -0.4 is 0 Å². The normalized spacial score (nSPS) is 9.50. The van der Waals surface area contributed by atoms with Gasteiger partial charge in [-0.25, -0.2) is 5.01 Å². The van der Waals surface area contributed by atoms with E-state index in [1.165, 1.54) is 5.56 Å². The summed E-state index contributed by atoms with van der Waals surface area (Å²) in [5.41, 5.74) is 2.31. The van der Waals surface area contributed by atoms with E-state index in [0.29, 0.717) is 0 Å². The van der Waals surface area contributed by atoms with Crippen molar-refractivity contribution in [1.29, 1.82) is 0 Å². The fourth-order valence-corrected chi connectivity index (χ4v) is 0.882. The van der Waals surface area contributed by atoms with Crippen molar-refractivity contribution in [2.45, 2.75) is 6.92 Å². The van der Waals surface area contributed by atoms with E-state index in [4.69, 9.17) is 0 Å². The molecule has 0 aliphatic carbocycles. The zero-order chi connectivity index (χ0) is 10.6. The van der Waals surface area contributed by atoms with E-state index in [1.807, 2.05) is 43.3 Å².